The lowest BCUT2D eigenvalue weighted by atomic mass is 9.83. The third kappa shape index (κ3) is 5.48. The highest BCUT2D eigenvalue weighted by molar-refractivity contribution is 7.88. The summed E-state index contributed by atoms with van der Waals surface area (Å²) < 4.78 is 32.0. The SMILES string of the molecule is COc1c(-c2ccc3c(c2)CCC3NS(C)(=O)=O)cc(N(/C=C\C=O)C(N)=O)cc1C(C)(C)C. The van der Waals surface area contributed by atoms with Crippen LogP contribution in [0.3, 0.4) is 0 Å². The maximum Gasteiger partial charge on any atom is 0.323 e. The smallest absolute Gasteiger partial charge is 0.323 e. The molecule has 1 aliphatic rings. The molecule has 0 heterocycles. The predicted molar refractivity (Wildman–Crippen MR) is 133 cm³/mol. The fourth-order valence-corrected chi connectivity index (χ4v) is 5.08. The maximum absolute atomic E-state index is 12.2. The van der Waals surface area contributed by atoms with Crippen molar-refractivity contribution < 1.29 is 22.7 Å². The summed E-state index contributed by atoms with van der Waals surface area (Å²) in [5.74, 6) is 0.670. The summed E-state index contributed by atoms with van der Waals surface area (Å²) in [6.07, 6.45) is 5.69. The minimum Gasteiger partial charge on any atom is -0.496 e. The number of carbonyl (C=O) groups excluding carboxylic acids is 2. The minimum absolute atomic E-state index is 0.253. The molecule has 0 saturated carbocycles. The van der Waals surface area contributed by atoms with Crippen molar-refractivity contribution in [2.45, 2.75) is 45.1 Å². The van der Waals surface area contributed by atoms with Gasteiger partial charge in [-0.2, -0.15) is 0 Å². The van der Waals surface area contributed by atoms with Crippen LogP contribution in [0, 0.1) is 0 Å². The lowest BCUT2D eigenvalue weighted by Crippen LogP contribution is -2.31. The van der Waals surface area contributed by atoms with E-state index in [1.807, 2.05) is 45.0 Å². The summed E-state index contributed by atoms with van der Waals surface area (Å²) in [5, 5.41) is 0. The summed E-state index contributed by atoms with van der Waals surface area (Å²) in [5.41, 5.74) is 10.3. The predicted octanol–water partition coefficient (Wildman–Crippen LogP) is 3.79. The molecule has 9 heteroatoms. The van der Waals surface area contributed by atoms with E-state index in [1.54, 1.807) is 13.2 Å². The molecule has 182 valence electrons. The number of urea groups is 1. The van der Waals surface area contributed by atoms with E-state index < -0.39 is 16.1 Å². The summed E-state index contributed by atoms with van der Waals surface area (Å²) >= 11 is 0. The van der Waals surface area contributed by atoms with Crippen LogP contribution in [0.15, 0.2) is 42.6 Å². The van der Waals surface area contributed by atoms with Crippen molar-refractivity contribution in [1.82, 2.24) is 4.72 Å². The van der Waals surface area contributed by atoms with Gasteiger partial charge in [-0.3, -0.25) is 9.69 Å². The molecular weight excluding hydrogens is 454 g/mol. The number of fused-ring (bicyclic) bond motifs is 1. The zero-order valence-electron chi connectivity index (χ0n) is 20.1. The first-order valence-electron chi connectivity index (χ1n) is 10.9. The molecule has 34 heavy (non-hydrogen) atoms. The zero-order valence-corrected chi connectivity index (χ0v) is 20.9. The van der Waals surface area contributed by atoms with Gasteiger partial charge in [0, 0.05) is 23.4 Å². The molecule has 1 unspecified atom stereocenters. The largest absolute Gasteiger partial charge is 0.496 e. The number of methoxy groups -OCH3 is 1. The van der Waals surface area contributed by atoms with Gasteiger partial charge in [-0.15, -0.1) is 0 Å². The Balaban J connectivity index is 2.20. The van der Waals surface area contributed by atoms with Gasteiger partial charge in [0.1, 0.15) is 12.0 Å². The number of benzene rings is 2. The molecule has 1 aliphatic carbocycles. The average Bonchev–Trinajstić information content (AvgIpc) is 3.12. The van der Waals surface area contributed by atoms with Gasteiger partial charge in [-0.25, -0.2) is 17.9 Å². The van der Waals surface area contributed by atoms with Gasteiger partial charge in [0.05, 0.1) is 19.1 Å². The number of hydrogen-bond acceptors (Lipinski definition) is 5. The van der Waals surface area contributed by atoms with Crippen LogP contribution in [0.5, 0.6) is 5.75 Å². The first kappa shape index (κ1) is 25.5. The van der Waals surface area contributed by atoms with Crippen LogP contribution in [0.4, 0.5) is 10.5 Å². The number of nitrogens with zero attached hydrogens (tertiary/aromatic N) is 1. The van der Waals surface area contributed by atoms with Crippen LogP contribution in [-0.2, 0) is 26.7 Å². The number of nitrogens with one attached hydrogen (secondary N) is 1. The van der Waals surface area contributed by atoms with Crippen molar-refractivity contribution in [1.29, 1.82) is 0 Å². The fourth-order valence-electron chi connectivity index (χ4n) is 4.32. The molecule has 0 aromatic heterocycles. The van der Waals surface area contributed by atoms with Crippen molar-refractivity contribution in [2.24, 2.45) is 5.73 Å². The number of allylic oxidation sites excluding steroid dienone is 1. The second kappa shape index (κ2) is 9.60. The van der Waals surface area contributed by atoms with E-state index in [4.69, 9.17) is 10.5 Å². The van der Waals surface area contributed by atoms with E-state index in [2.05, 4.69) is 4.72 Å². The van der Waals surface area contributed by atoms with Crippen LogP contribution >= 0.6 is 0 Å². The Kier molecular flexibility index (Phi) is 7.18. The van der Waals surface area contributed by atoms with Crippen molar-refractivity contribution in [3.8, 4) is 16.9 Å². The van der Waals surface area contributed by atoms with Crippen LogP contribution in [0.2, 0.25) is 0 Å². The zero-order chi connectivity index (χ0) is 25.3. The second-order valence-electron chi connectivity index (χ2n) is 9.40. The van der Waals surface area contributed by atoms with E-state index in [1.165, 1.54) is 17.2 Å². The Morgan fingerprint density at radius 2 is 1.94 bits per heavy atom. The van der Waals surface area contributed by atoms with E-state index in [-0.39, 0.29) is 11.5 Å². The number of nitrogens with two attached hydrogens (primary N) is 1. The van der Waals surface area contributed by atoms with E-state index in [0.29, 0.717) is 24.1 Å². The normalized spacial score (nSPS) is 15.9. The topological polar surface area (TPSA) is 119 Å². The number of aldehydes is 1. The van der Waals surface area contributed by atoms with Crippen molar-refractivity contribution in [3.63, 3.8) is 0 Å². The lowest BCUT2D eigenvalue weighted by Gasteiger charge is -2.27. The number of carbonyl (C=O) groups is 2. The number of aryl methyl sites for hydroxylation is 1. The van der Waals surface area contributed by atoms with Gasteiger partial charge in [0.25, 0.3) is 0 Å². The molecule has 0 aliphatic heterocycles. The molecule has 0 spiro atoms. The van der Waals surface area contributed by atoms with Gasteiger partial charge in [0.15, 0.2) is 0 Å². The second-order valence-corrected chi connectivity index (χ2v) is 11.2. The molecule has 1 atom stereocenters. The Labute approximate surface area is 200 Å². The summed E-state index contributed by atoms with van der Waals surface area (Å²) in [4.78, 5) is 24.3. The highest BCUT2D eigenvalue weighted by atomic mass is 32.2. The van der Waals surface area contributed by atoms with Crippen LogP contribution in [0.1, 0.15) is 49.9 Å². The number of amides is 2. The number of rotatable bonds is 7. The molecular formula is C25H31N3O5S. The first-order chi connectivity index (χ1) is 15.9. The van der Waals surface area contributed by atoms with Gasteiger partial charge < -0.3 is 10.5 Å². The van der Waals surface area contributed by atoms with Crippen molar-refractivity contribution >= 4 is 28.0 Å². The van der Waals surface area contributed by atoms with E-state index in [9.17, 15) is 18.0 Å². The molecule has 2 aromatic rings. The van der Waals surface area contributed by atoms with Gasteiger partial charge in [-0.05, 0) is 53.2 Å². The molecule has 3 N–H and O–H groups in total. The summed E-state index contributed by atoms with van der Waals surface area (Å²) in [7, 11) is -1.72. The number of sulfonamides is 1. The summed E-state index contributed by atoms with van der Waals surface area (Å²) in [6, 6.07) is 8.54. The number of ether oxygens (including phenoxy) is 1. The van der Waals surface area contributed by atoms with Crippen molar-refractivity contribution in [3.05, 3.63) is 59.3 Å². The average molecular weight is 486 g/mol. The summed E-state index contributed by atoms with van der Waals surface area (Å²) in [6.45, 7) is 6.12. The van der Waals surface area contributed by atoms with Crippen LogP contribution in [0.25, 0.3) is 11.1 Å². The number of anilines is 1. The fraction of sp³-hybridized carbons (Fsp3) is 0.360. The molecule has 0 fully saturated rings. The van der Waals surface area contributed by atoms with Gasteiger partial charge in [-0.1, -0.05) is 39.0 Å². The Morgan fingerprint density at radius 1 is 1.24 bits per heavy atom. The van der Waals surface area contributed by atoms with Crippen molar-refractivity contribution in [2.75, 3.05) is 18.3 Å². The molecule has 0 radical (unpaired) electrons. The quantitative estimate of drug-likeness (QED) is 0.457. The Morgan fingerprint density at radius 3 is 2.50 bits per heavy atom. The first-order valence-corrected chi connectivity index (χ1v) is 12.8. The molecule has 3 rings (SSSR count). The Hall–Kier alpha value is -3.17. The van der Waals surface area contributed by atoms with Crippen LogP contribution in [-0.4, -0.2) is 34.1 Å². The number of primary amides is 1. The third-order valence-electron chi connectivity index (χ3n) is 5.80. The molecule has 0 bridgehead atoms. The number of hydrogen-bond donors (Lipinski definition) is 2. The third-order valence-corrected chi connectivity index (χ3v) is 6.52. The van der Waals surface area contributed by atoms with E-state index in [0.717, 1.165) is 40.5 Å². The maximum atomic E-state index is 12.2. The standard InChI is InChI=1S/C25H31N3O5S/c1-25(2,3)21-15-18(28(24(26)30)11-6-12-29)14-20(23(21)33-4)17-7-9-19-16(13-17)8-10-22(19)27-34(5,31)32/h6-7,9,11-15,22,27H,8,10H2,1-5H3,(H2,26,30)/b11-6-. The van der Waals surface area contributed by atoms with E-state index >= 15 is 0 Å². The van der Waals surface area contributed by atoms with Gasteiger partial charge >= 0.3 is 6.03 Å². The highest BCUT2D eigenvalue weighted by Crippen LogP contribution is 2.44. The molecule has 2 aromatic carbocycles. The highest BCUT2D eigenvalue weighted by Gasteiger charge is 2.28. The van der Waals surface area contributed by atoms with Crippen LogP contribution < -0.4 is 20.1 Å². The van der Waals surface area contributed by atoms with Gasteiger partial charge in [0.2, 0.25) is 10.0 Å². The molecule has 0 saturated heterocycles. The Bertz CT molecular complexity index is 1250. The monoisotopic (exact) mass is 485 g/mol. The lowest BCUT2D eigenvalue weighted by molar-refractivity contribution is -0.104. The molecule has 2 amide bonds. The molecule has 8 nitrogen and oxygen atoms in total. The minimum atomic E-state index is -3.33.